The summed E-state index contributed by atoms with van der Waals surface area (Å²) in [4.78, 5) is 11.4. The summed E-state index contributed by atoms with van der Waals surface area (Å²) in [5.74, 6) is -0.929. The van der Waals surface area contributed by atoms with Gasteiger partial charge in [-0.25, -0.2) is 4.79 Å². The molecule has 1 aromatic carbocycles. The van der Waals surface area contributed by atoms with Crippen LogP contribution in [0.5, 0.6) is 0 Å². The minimum absolute atomic E-state index is 0.0197. The lowest BCUT2D eigenvalue weighted by Gasteiger charge is -2.12. The monoisotopic (exact) mass is 401 g/mol. The topological polar surface area (TPSA) is 50.1 Å². The first kappa shape index (κ1) is 16.1. The van der Waals surface area contributed by atoms with Crippen molar-refractivity contribution < 1.29 is 22.7 Å². The summed E-state index contributed by atoms with van der Waals surface area (Å²) in [6.45, 7) is 1.55. The first-order chi connectivity index (χ1) is 8.78. The molecule has 102 valence electrons. The number of nitriles is 1. The number of esters is 1. The third kappa shape index (κ3) is 4.58. The van der Waals surface area contributed by atoms with Crippen LogP contribution >= 0.6 is 34.4 Å². The Bertz CT molecular complexity index is 540. The predicted molar refractivity (Wildman–Crippen MR) is 71.7 cm³/mol. The quantitative estimate of drug-likeness (QED) is 0.437. The Labute approximate surface area is 125 Å². The number of hydrogen-bond acceptors (Lipinski definition) is 4. The SMILES string of the molecule is CCOC(=O)c1c(C#N)cc(I)cc1SC(F)(F)F. The number of carbonyl (C=O) groups excluding carboxylic acids is 1. The van der Waals surface area contributed by atoms with Gasteiger partial charge in [-0.2, -0.15) is 18.4 Å². The van der Waals surface area contributed by atoms with Crippen molar-refractivity contribution in [1.82, 2.24) is 0 Å². The molecule has 0 aliphatic heterocycles. The lowest BCUT2D eigenvalue weighted by Crippen LogP contribution is -2.11. The van der Waals surface area contributed by atoms with Crippen LogP contribution in [0.4, 0.5) is 13.2 Å². The lowest BCUT2D eigenvalue weighted by molar-refractivity contribution is -0.0328. The molecule has 0 bridgehead atoms. The van der Waals surface area contributed by atoms with Gasteiger partial charge in [0.15, 0.2) is 0 Å². The van der Waals surface area contributed by atoms with Crippen LogP contribution < -0.4 is 0 Å². The number of carbonyl (C=O) groups is 1. The van der Waals surface area contributed by atoms with Crippen molar-refractivity contribution >= 4 is 40.3 Å². The van der Waals surface area contributed by atoms with Gasteiger partial charge in [0.25, 0.3) is 0 Å². The molecule has 19 heavy (non-hydrogen) atoms. The third-order valence-electron chi connectivity index (χ3n) is 1.89. The van der Waals surface area contributed by atoms with E-state index in [1.807, 2.05) is 0 Å². The fourth-order valence-electron chi connectivity index (χ4n) is 1.29. The molecule has 0 fully saturated rings. The molecular weight excluding hydrogens is 394 g/mol. The van der Waals surface area contributed by atoms with E-state index in [2.05, 4.69) is 0 Å². The molecule has 1 rings (SSSR count). The molecule has 0 aliphatic carbocycles. The van der Waals surface area contributed by atoms with Crippen molar-refractivity contribution in [3.05, 3.63) is 26.8 Å². The molecule has 0 N–H and O–H groups in total. The largest absolute Gasteiger partial charge is 0.462 e. The van der Waals surface area contributed by atoms with Crippen LogP contribution in [-0.2, 0) is 4.74 Å². The van der Waals surface area contributed by atoms with Gasteiger partial charge in [0.2, 0.25) is 0 Å². The summed E-state index contributed by atoms with van der Waals surface area (Å²) in [7, 11) is 0. The molecule has 1 aromatic rings. The second-order valence-electron chi connectivity index (χ2n) is 3.21. The summed E-state index contributed by atoms with van der Waals surface area (Å²) >= 11 is 1.35. The first-order valence-electron chi connectivity index (χ1n) is 4.95. The minimum Gasteiger partial charge on any atom is -0.462 e. The predicted octanol–water partition coefficient (Wildman–Crippen LogP) is 3.95. The van der Waals surface area contributed by atoms with Gasteiger partial charge in [-0.15, -0.1) is 0 Å². The van der Waals surface area contributed by atoms with Crippen LogP contribution in [0.2, 0.25) is 0 Å². The normalized spacial score (nSPS) is 10.9. The number of hydrogen-bond donors (Lipinski definition) is 0. The Morgan fingerprint density at radius 2 is 2.16 bits per heavy atom. The molecule has 0 aromatic heterocycles. The van der Waals surface area contributed by atoms with Gasteiger partial charge in [0.1, 0.15) is 6.07 Å². The Morgan fingerprint density at radius 1 is 1.53 bits per heavy atom. The number of alkyl halides is 3. The fourth-order valence-corrected chi connectivity index (χ4v) is 2.85. The van der Waals surface area contributed by atoms with E-state index in [4.69, 9.17) is 10.00 Å². The van der Waals surface area contributed by atoms with E-state index < -0.39 is 23.2 Å². The van der Waals surface area contributed by atoms with Crippen molar-refractivity contribution in [2.24, 2.45) is 0 Å². The molecule has 0 spiro atoms. The maximum absolute atomic E-state index is 12.5. The summed E-state index contributed by atoms with van der Waals surface area (Å²) in [5, 5.41) is 8.93. The Hall–Kier alpha value is -0.950. The molecule has 0 atom stereocenters. The van der Waals surface area contributed by atoms with Gasteiger partial charge in [-0.05, 0) is 53.4 Å². The highest BCUT2D eigenvalue weighted by atomic mass is 127. The number of benzene rings is 1. The van der Waals surface area contributed by atoms with Gasteiger partial charge in [0.05, 0.1) is 17.7 Å². The number of rotatable bonds is 3. The first-order valence-corrected chi connectivity index (χ1v) is 6.84. The Morgan fingerprint density at radius 3 is 2.63 bits per heavy atom. The Kier molecular flexibility index (Phi) is 5.49. The average molecular weight is 401 g/mol. The van der Waals surface area contributed by atoms with Gasteiger partial charge in [0, 0.05) is 8.47 Å². The lowest BCUT2D eigenvalue weighted by atomic mass is 10.1. The maximum Gasteiger partial charge on any atom is 0.446 e. The molecule has 3 nitrogen and oxygen atoms in total. The Balaban J connectivity index is 3.38. The van der Waals surface area contributed by atoms with Crippen molar-refractivity contribution in [3.63, 3.8) is 0 Å². The van der Waals surface area contributed by atoms with Crippen molar-refractivity contribution in [2.75, 3.05) is 6.61 Å². The zero-order chi connectivity index (χ0) is 14.6. The van der Waals surface area contributed by atoms with Gasteiger partial charge in [-0.3, -0.25) is 0 Å². The number of thioether (sulfide) groups is 1. The second kappa shape index (κ2) is 6.47. The average Bonchev–Trinajstić information content (AvgIpc) is 2.25. The minimum atomic E-state index is -4.54. The summed E-state index contributed by atoms with van der Waals surface area (Å²) in [6.07, 6.45) is 0. The number of ether oxygens (including phenoxy) is 1. The van der Waals surface area contributed by atoms with E-state index in [-0.39, 0.29) is 22.6 Å². The highest BCUT2D eigenvalue weighted by Crippen LogP contribution is 2.40. The zero-order valence-corrected chi connectivity index (χ0v) is 12.5. The van der Waals surface area contributed by atoms with Crippen molar-refractivity contribution in [3.8, 4) is 6.07 Å². The number of nitrogens with zero attached hydrogens (tertiary/aromatic N) is 1. The molecule has 0 heterocycles. The standard InChI is InChI=1S/C11H7F3INO2S/c1-2-18-10(17)9-6(5-16)3-7(15)4-8(9)19-11(12,13)14/h3-4H,2H2,1H3. The summed E-state index contributed by atoms with van der Waals surface area (Å²) in [6, 6.07) is 4.26. The van der Waals surface area contributed by atoms with Crippen LogP contribution in [0.3, 0.4) is 0 Å². The van der Waals surface area contributed by atoms with E-state index in [1.54, 1.807) is 28.7 Å². The highest BCUT2D eigenvalue weighted by Gasteiger charge is 2.33. The van der Waals surface area contributed by atoms with Crippen LogP contribution in [-0.4, -0.2) is 18.1 Å². The molecule has 0 amide bonds. The molecule has 0 unspecified atom stereocenters. The second-order valence-corrected chi connectivity index (χ2v) is 5.56. The zero-order valence-electron chi connectivity index (χ0n) is 9.55. The van der Waals surface area contributed by atoms with E-state index in [1.165, 1.54) is 19.1 Å². The highest BCUT2D eigenvalue weighted by molar-refractivity contribution is 14.1. The van der Waals surface area contributed by atoms with Gasteiger partial charge in [-0.1, -0.05) is 0 Å². The van der Waals surface area contributed by atoms with Gasteiger partial charge < -0.3 is 4.74 Å². The van der Waals surface area contributed by atoms with Crippen molar-refractivity contribution in [2.45, 2.75) is 17.3 Å². The van der Waals surface area contributed by atoms with Crippen molar-refractivity contribution in [1.29, 1.82) is 5.26 Å². The summed E-state index contributed by atoms with van der Waals surface area (Å²) < 4.78 is 42.5. The van der Waals surface area contributed by atoms with Crippen LogP contribution in [0.25, 0.3) is 0 Å². The van der Waals surface area contributed by atoms with Crippen LogP contribution in [0.1, 0.15) is 22.8 Å². The smallest absolute Gasteiger partial charge is 0.446 e. The fraction of sp³-hybridized carbons (Fsp3) is 0.273. The molecule has 0 saturated carbocycles. The van der Waals surface area contributed by atoms with E-state index in [0.717, 1.165) is 0 Å². The molecule has 0 saturated heterocycles. The van der Waals surface area contributed by atoms with Crippen LogP contribution in [0, 0.1) is 14.9 Å². The molecular formula is C11H7F3INO2S. The molecule has 0 radical (unpaired) electrons. The number of halogens is 4. The maximum atomic E-state index is 12.5. The molecule has 8 heteroatoms. The summed E-state index contributed by atoms with van der Waals surface area (Å²) in [5.41, 5.74) is -5.01. The van der Waals surface area contributed by atoms with E-state index in [0.29, 0.717) is 3.57 Å². The van der Waals surface area contributed by atoms with Gasteiger partial charge >= 0.3 is 11.5 Å². The third-order valence-corrected chi connectivity index (χ3v) is 3.29. The van der Waals surface area contributed by atoms with E-state index >= 15 is 0 Å². The van der Waals surface area contributed by atoms with E-state index in [9.17, 15) is 18.0 Å². The molecule has 0 aliphatic rings. The van der Waals surface area contributed by atoms with Crippen LogP contribution in [0.15, 0.2) is 17.0 Å².